The second kappa shape index (κ2) is 3.62. The molecule has 0 fully saturated rings. The lowest BCUT2D eigenvalue weighted by Gasteiger charge is -2.35. The zero-order chi connectivity index (χ0) is 9.99. The molecule has 0 atom stereocenters. The summed E-state index contributed by atoms with van der Waals surface area (Å²) in [7, 11) is -0.489. The van der Waals surface area contributed by atoms with Gasteiger partial charge in [-0.2, -0.15) is 0 Å². The number of hydrogen-bond donors (Lipinski definition) is 1. The summed E-state index contributed by atoms with van der Waals surface area (Å²) in [6.07, 6.45) is 0.735. The topological polar surface area (TPSA) is 29.5 Å². The van der Waals surface area contributed by atoms with E-state index in [1.54, 1.807) is 7.11 Å². The van der Waals surface area contributed by atoms with E-state index in [0.717, 1.165) is 12.2 Å². The Balaban J connectivity index is 4.33. The van der Waals surface area contributed by atoms with Gasteiger partial charge in [0, 0.05) is 6.42 Å². The highest BCUT2D eigenvalue weighted by atomic mass is 28.4. The van der Waals surface area contributed by atoms with Gasteiger partial charge in [0.25, 0.3) is 0 Å². The van der Waals surface area contributed by atoms with Crippen LogP contribution in [0.1, 0.15) is 20.3 Å². The van der Waals surface area contributed by atoms with E-state index in [4.69, 9.17) is 4.74 Å². The van der Waals surface area contributed by atoms with Crippen LogP contribution in [0.3, 0.4) is 0 Å². The van der Waals surface area contributed by atoms with Crippen molar-refractivity contribution in [3.05, 3.63) is 12.3 Å². The van der Waals surface area contributed by atoms with Crippen LogP contribution in [0.15, 0.2) is 12.3 Å². The lowest BCUT2D eigenvalue weighted by Crippen LogP contribution is -2.39. The van der Waals surface area contributed by atoms with Gasteiger partial charge in [-0.25, -0.2) is 0 Å². The molecule has 0 aromatic rings. The Hall–Kier alpha value is -0.283. The van der Waals surface area contributed by atoms with E-state index in [-0.39, 0.29) is 5.04 Å². The summed E-state index contributed by atoms with van der Waals surface area (Å²) in [6, 6.07) is 0. The van der Waals surface area contributed by atoms with Gasteiger partial charge >= 0.3 is 0 Å². The molecule has 0 heterocycles. The number of hydrogen-bond acceptors (Lipinski definition) is 2. The zero-order valence-electron chi connectivity index (χ0n) is 8.77. The molecule has 12 heavy (non-hydrogen) atoms. The molecule has 2 nitrogen and oxygen atoms in total. The monoisotopic (exact) mass is 188 g/mol. The number of methoxy groups -OCH3 is 1. The molecule has 0 rings (SSSR count). The molecule has 0 radical (unpaired) electrons. The van der Waals surface area contributed by atoms with Crippen molar-refractivity contribution in [3.8, 4) is 0 Å². The molecule has 0 bridgehead atoms. The summed E-state index contributed by atoms with van der Waals surface area (Å²) in [5.41, 5.74) is 0. The van der Waals surface area contributed by atoms with E-state index in [9.17, 15) is 4.80 Å². The van der Waals surface area contributed by atoms with Crippen molar-refractivity contribution >= 4 is 8.32 Å². The molecule has 0 spiro atoms. The summed E-state index contributed by atoms with van der Waals surface area (Å²) in [4.78, 5) is 9.93. The normalized spacial score (nSPS) is 12.8. The highest BCUT2D eigenvalue weighted by Crippen LogP contribution is 2.40. The van der Waals surface area contributed by atoms with Crippen LogP contribution in [-0.4, -0.2) is 20.2 Å². The number of ether oxygens (including phenoxy) is 1. The van der Waals surface area contributed by atoms with Gasteiger partial charge in [-0.1, -0.05) is 20.4 Å². The molecule has 0 aromatic heterocycles. The van der Waals surface area contributed by atoms with Gasteiger partial charge in [0.1, 0.15) is 0 Å². The first-order chi connectivity index (χ1) is 5.20. The number of rotatable bonds is 4. The smallest absolute Gasteiger partial charge is 0.188 e. The fraction of sp³-hybridized carbons (Fsp3) is 0.778. The Morgan fingerprint density at radius 2 is 1.92 bits per heavy atom. The van der Waals surface area contributed by atoms with E-state index in [0.29, 0.717) is 0 Å². The van der Waals surface area contributed by atoms with Gasteiger partial charge in [-0.15, -0.1) is 0 Å². The van der Waals surface area contributed by atoms with Crippen LogP contribution < -0.4 is 0 Å². The fourth-order valence-corrected chi connectivity index (χ4v) is 1.41. The Morgan fingerprint density at radius 1 is 1.50 bits per heavy atom. The van der Waals surface area contributed by atoms with Crippen LogP contribution in [0.2, 0.25) is 18.1 Å². The molecule has 3 heteroatoms. The van der Waals surface area contributed by atoms with E-state index in [1.807, 2.05) is 13.1 Å². The van der Waals surface area contributed by atoms with Crippen molar-refractivity contribution in [3.63, 3.8) is 0 Å². The lowest BCUT2D eigenvalue weighted by molar-refractivity contribution is 0.264. The van der Waals surface area contributed by atoms with Crippen LogP contribution in [0.5, 0.6) is 0 Å². The zero-order valence-corrected chi connectivity index (χ0v) is 9.77. The van der Waals surface area contributed by atoms with Crippen molar-refractivity contribution in [1.29, 1.82) is 0 Å². The Bertz CT molecular complexity index is 168. The quantitative estimate of drug-likeness (QED) is 0.542. The fourth-order valence-electron chi connectivity index (χ4n) is 0.781. The van der Waals surface area contributed by atoms with E-state index >= 15 is 0 Å². The summed E-state index contributed by atoms with van der Waals surface area (Å²) in [6.45, 7) is 11.8. The van der Waals surface area contributed by atoms with Crippen molar-refractivity contribution in [1.82, 2.24) is 0 Å². The number of allylic oxidation sites excluding steroid dienone is 1. The third-order valence-corrected chi connectivity index (χ3v) is 6.07. The first-order valence-corrected chi connectivity index (χ1v) is 7.09. The standard InChI is InChI=1S/C9H20O2Si/c1-8(11-4)7-9(2,3)12(5,6)10/h10H,1,7H2,2-6H3. The van der Waals surface area contributed by atoms with Crippen LogP contribution >= 0.6 is 0 Å². The summed E-state index contributed by atoms with van der Waals surface area (Å²) >= 11 is 0. The molecule has 0 aromatic carbocycles. The van der Waals surface area contributed by atoms with Gasteiger partial charge in [0.05, 0.1) is 12.9 Å². The third kappa shape index (κ3) is 2.99. The third-order valence-electron chi connectivity index (χ3n) is 2.58. The van der Waals surface area contributed by atoms with Crippen LogP contribution in [-0.2, 0) is 4.74 Å². The second-order valence-electron chi connectivity index (χ2n) is 4.36. The molecule has 0 aliphatic heterocycles. The van der Waals surface area contributed by atoms with Crippen molar-refractivity contribution in [2.24, 2.45) is 0 Å². The van der Waals surface area contributed by atoms with Crippen molar-refractivity contribution in [2.75, 3.05) is 7.11 Å². The average molecular weight is 188 g/mol. The maximum atomic E-state index is 9.93. The van der Waals surface area contributed by atoms with E-state index in [2.05, 4.69) is 20.4 Å². The average Bonchev–Trinajstić information content (AvgIpc) is 1.84. The summed E-state index contributed by atoms with van der Waals surface area (Å²) < 4.78 is 5.00. The molecular formula is C9H20O2Si. The predicted molar refractivity (Wildman–Crippen MR) is 54.5 cm³/mol. The molecule has 1 N–H and O–H groups in total. The second-order valence-corrected chi connectivity index (χ2v) is 8.83. The minimum absolute atomic E-state index is 0.0694. The molecule has 0 amide bonds. The highest BCUT2D eigenvalue weighted by Gasteiger charge is 2.38. The SMILES string of the molecule is C=C(CC(C)(C)[Si](C)(C)O)OC. The Labute approximate surface area is 76.4 Å². The van der Waals surface area contributed by atoms with Crippen LogP contribution in [0.4, 0.5) is 0 Å². The Kier molecular flexibility index (Phi) is 3.54. The first kappa shape index (κ1) is 11.7. The van der Waals surface area contributed by atoms with Gasteiger partial charge in [0.15, 0.2) is 8.32 Å². The molecule has 0 unspecified atom stereocenters. The molecular weight excluding hydrogens is 168 g/mol. The predicted octanol–water partition coefficient (Wildman–Crippen LogP) is 2.51. The molecule has 0 aliphatic carbocycles. The minimum atomic E-state index is -2.10. The Morgan fingerprint density at radius 3 is 2.17 bits per heavy atom. The summed E-state index contributed by atoms with van der Waals surface area (Å²) in [5.74, 6) is 0.745. The van der Waals surface area contributed by atoms with Gasteiger partial charge in [0.2, 0.25) is 0 Å². The van der Waals surface area contributed by atoms with Crippen LogP contribution in [0, 0.1) is 0 Å². The summed E-state index contributed by atoms with van der Waals surface area (Å²) in [5, 5.41) is -0.0694. The van der Waals surface area contributed by atoms with E-state index in [1.165, 1.54) is 0 Å². The highest BCUT2D eigenvalue weighted by molar-refractivity contribution is 6.72. The van der Waals surface area contributed by atoms with Gasteiger partial charge in [-0.05, 0) is 18.1 Å². The maximum absolute atomic E-state index is 9.93. The van der Waals surface area contributed by atoms with Crippen LogP contribution in [0.25, 0.3) is 0 Å². The largest absolute Gasteiger partial charge is 0.502 e. The molecule has 0 saturated carbocycles. The maximum Gasteiger partial charge on any atom is 0.188 e. The van der Waals surface area contributed by atoms with Gasteiger partial charge in [-0.3, -0.25) is 0 Å². The molecule has 0 aliphatic rings. The van der Waals surface area contributed by atoms with Gasteiger partial charge < -0.3 is 9.53 Å². The van der Waals surface area contributed by atoms with E-state index < -0.39 is 8.32 Å². The van der Waals surface area contributed by atoms with Crippen molar-refractivity contribution < 1.29 is 9.53 Å². The van der Waals surface area contributed by atoms with Crippen molar-refractivity contribution in [2.45, 2.75) is 38.4 Å². The lowest BCUT2D eigenvalue weighted by atomic mass is 10.1. The molecule has 72 valence electrons. The first-order valence-electron chi connectivity index (χ1n) is 4.15. The molecule has 0 saturated heterocycles. The minimum Gasteiger partial charge on any atom is -0.502 e.